The minimum Gasteiger partial charge on any atom is -0.311 e. The summed E-state index contributed by atoms with van der Waals surface area (Å²) in [7, 11) is 0. The summed E-state index contributed by atoms with van der Waals surface area (Å²) in [5.74, 6) is 0. The van der Waals surface area contributed by atoms with Gasteiger partial charge in [-0.15, -0.1) is 0 Å². The van der Waals surface area contributed by atoms with Crippen LogP contribution in [0.3, 0.4) is 0 Å². The summed E-state index contributed by atoms with van der Waals surface area (Å²) in [4.78, 5) is 2.28. The van der Waals surface area contributed by atoms with Gasteiger partial charge in [0.15, 0.2) is 0 Å². The molecule has 148 valence electrons. The third kappa shape index (κ3) is 4.12. The highest BCUT2D eigenvalue weighted by molar-refractivity contribution is 5.78. The van der Waals surface area contributed by atoms with E-state index in [1.165, 1.54) is 22.3 Å². The van der Waals surface area contributed by atoms with E-state index in [1.807, 2.05) is 6.07 Å². The molecule has 0 spiro atoms. The molecule has 0 radical (unpaired) electrons. The zero-order chi connectivity index (χ0) is 20.9. The van der Waals surface area contributed by atoms with Gasteiger partial charge in [-0.05, 0) is 58.7 Å². The molecule has 1 nitrogen and oxygen atoms in total. The molecule has 0 saturated carbocycles. The molecule has 0 saturated heterocycles. The Morgan fingerprint density at radius 2 is 0.548 bits per heavy atom. The van der Waals surface area contributed by atoms with E-state index in [0.29, 0.717) is 0 Å². The number of hydrogen-bond acceptors (Lipinski definition) is 1. The number of nitrogens with zero attached hydrogens (tertiary/aromatic N) is 1. The molecule has 0 fully saturated rings. The molecule has 0 unspecified atom stereocenters. The Labute approximate surface area is 183 Å². The maximum atomic E-state index is 2.28. The molecule has 31 heavy (non-hydrogen) atoms. The highest BCUT2D eigenvalue weighted by Gasteiger charge is 2.11. The van der Waals surface area contributed by atoms with E-state index in [1.54, 1.807) is 0 Å². The lowest BCUT2D eigenvalue weighted by atomic mass is 10.00. The topological polar surface area (TPSA) is 3.24 Å². The highest BCUT2D eigenvalue weighted by atomic mass is 15.1. The Bertz CT molecular complexity index is 1190. The first-order valence-electron chi connectivity index (χ1n) is 10.5. The third-order valence-electron chi connectivity index (χ3n) is 5.48. The fraction of sp³-hybridized carbons (Fsp3) is 0. The summed E-state index contributed by atoms with van der Waals surface area (Å²) in [6, 6.07) is 49.0. The van der Waals surface area contributed by atoms with Crippen molar-refractivity contribution in [1.29, 1.82) is 0 Å². The molecule has 5 rings (SSSR count). The molecule has 0 atom stereocenters. The van der Waals surface area contributed by atoms with Gasteiger partial charge in [-0.25, -0.2) is 0 Å². The average molecular weight is 398 g/mol. The van der Waals surface area contributed by atoms with Crippen molar-refractivity contribution in [2.24, 2.45) is 0 Å². The van der Waals surface area contributed by atoms with Gasteiger partial charge in [0.25, 0.3) is 0 Å². The van der Waals surface area contributed by atoms with E-state index in [4.69, 9.17) is 0 Å². The Morgan fingerprint density at radius 3 is 0.968 bits per heavy atom. The molecule has 0 heterocycles. The smallest absolute Gasteiger partial charge is 0.0462 e. The van der Waals surface area contributed by atoms with Crippen molar-refractivity contribution in [3.05, 3.63) is 140 Å². The molecular weight excluding hydrogens is 374 g/mol. The normalized spacial score (nSPS) is 10.6. The van der Waals surface area contributed by atoms with Gasteiger partial charge in [0.05, 0.1) is 0 Å². The van der Waals surface area contributed by atoms with Crippen LogP contribution in [0.15, 0.2) is 140 Å². The lowest BCUT2D eigenvalue weighted by Gasteiger charge is -2.25. The van der Waals surface area contributed by atoms with Crippen LogP contribution in [0.25, 0.3) is 22.3 Å². The predicted molar refractivity (Wildman–Crippen MR) is 132 cm³/mol. The van der Waals surface area contributed by atoms with Crippen molar-refractivity contribution in [1.82, 2.24) is 0 Å². The van der Waals surface area contributed by atoms with Crippen LogP contribution >= 0.6 is 0 Å². The second-order valence-corrected chi connectivity index (χ2v) is 7.50. The monoisotopic (exact) mass is 397 g/mol. The maximum Gasteiger partial charge on any atom is 0.0462 e. The van der Waals surface area contributed by atoms with Crippen LogP contribution in [-0.2, 0) is 0 Å². The fourth-order valence-electron chi connectivity index (χ4n) is 3.89. The molecule has 0 N–H and O–H groups in total. The maximum absolute atomic E-state index is 2.28. The molecule has 0 aliphatic heterocycles. The van der Waals surface area contributed by atoms with E-state index >= 15 is 0 Å². The Balaban J connectivity index is 1.46. The van der Waals surface area contributed by atoms with Gasteiger partial charge < -0.3 is 4.90 Å². The van der Waals surface area contributed by atoms with Gasteiger partial charge in [-0.3, -0.25) is 0 Å². The van der Waals surface area contributed by atoms with Crippen molar-refractivity contribution in [2.45, 2.75) is 0 Å². The SMILES string of the molecule is c1ccc(-c2ccc(-c3ccc(N(c4ccccc4)c4ccccc4)cc3)cc2)cc1. The van der Waals surface area contributed by atoms with Crippen LogP contribution in [0.5, 0.6) is 0 Å². The van der Waals surface area contributed by atoms with Crippen LogP contribution in [-0.4, -0.2) is 0 Å². The number of para-hydroxylation sites is 2. The van der Waals surface area contributed by atoms with Gasteiger partial charge in [-0.1, -0.05) is 103 Å². The van der Waals surface area contributed by atoms with Gasteiger partial charge in [0, 0.05) is 17.1 Å². The van der Waals surface area contributed by atoms with Crippen LogP contribution < -0.4 is 4.90 Å². The van der Waals surface area contributed by atoms with Crippen LogP contribution in [0, 0.1) is 0 Å². The van der Waals surface area contributed by atoms with Crippen molar-refractivity contribution in [3.63, 3.8) is 0 Å². The van der Waals surface area contributed by atoms with E-state index in [2.05, 4.69) is 138 Å². The number of hydrogen-bond donors (Lipinski definition) is 0. The van der Waals surface area contributed by atoms with Crippen molar-refractivity contribution >= 4 is 17.1 Å². The van der Waals surface area contributed by atoms with Crippen molar-refractivity contribution in [3.8, 4) is 22.3 Å². The molecule has 5 aromatic rings. The summed E-state index contributed by atoms with van der Waals surface area (Å²) in [6.07, 6.45) is 0. The predicted octanol–water partition coefficient (Wildman–Crippen LogP) is 8.49. The largest absolute Gasteiger partial charge is 0.311 e. The van der Waals surface area contributed by atoms with E-state index in [9.17, 15) is 0 Å². The summed E-state index contributed by atoms with van der Waals surface area (Å²) >= 11 is 0. The van der Waals surface area contributed by atoms with Crippen LogP contribution in [0.1, 0.15) is 0 Å². The summed E-state index contributed by atoms with van der Waals surface area (Å²) in [6.45, 7) is 0. The molecule has 1 heteroatoms. The average Bonchev–Trinajstić information content (AvgIpc) is 2.87. The fourth-order valence-corrected chi connectivity index (χ4v) is 3.89. The molecule has 5 aromatic carbocycles. The molecule has 0 bridgehead atoms. The molecule has 0 amide bonds. The third-order valence-corrected chi connectivity index (χ3v) is 5.48. The van der Waals surface area contributed by atoms with Crippen molar-refractivity contribution in [2.75, 3.05) is 4.90 Å². The summed E-state index contributed by atoms with van der Waals surface area (Å²) < 4.78 is 0. The van der Waals surface area contributed by atoms with Gasteiger partial charge in [-0.2, -0.15) is 0 Å². The van der Waals surface area contributed by atoms with Crippen molar-refractivity contribution < 1.29 is 0 Å². The highest BCUT2D eigenvalue weighted by Crippen LogP contribution is 2.35. The van der Waals surface area contributed by atoms with E-state index in [0.717, 1.165) is 17.1 Å². The first-order chi connectivity index (χ1) is 15.4. The van der Waals surface area contributed by atoms with E-state index < -0.39 is 0 Å². The van der Waals surface area contributed by atoms with E-state index in [-0.39, 0.29) is 0 Å². The molecular formula is C30H23N. The molecule has 0 aliphatic carbocycles. The standard InChI is InChI=1S/C30H23N/c1-4-10-24(11-5-1)25-16-18-26(19-17-25)27-20-22-30(23-21-27)31(28-12-6-2-7-13-28)29-14-8-3-9-15-29/h1-23H. The van der Waals surface area contributed by atoms with Crippen LogP contribution in [0.4, 0.5) is 17.1 Å². The zero-order valence-corrected chi connectivity index (χ0v) is 17.2. The lowest BCUT2D eigenvalue weighted by molar-refractivity contribution is 1.28. The second-order valence-electron chi connectivity index (χ2n) is 7.50. The number of rotatable bonds is 5. The number of anilines is 3. The van der Waals surface area contributed by atoms with Gasteiger partial charge in [0.1, 0.15) is 0 Å². The minimum atomic E-state index is 1.14. The quantitative estimate of drug-likeness (QED) is 0.287. The minimum absolute atomic E-state index is 1.14. The Morgan fingerprint density at radius 1 is 0.258 bits per heavy atom. The molecule has 0 aliphatic rings. The summed E-state index contributed by atoms with van der Waals surface area (Å²) in [5, 5.41) is 0. The van der Waals surface area contributed by atoms with Gasteiger partial charge >= 0.3 is 0 Å². The summed E-state index contributed by atoms with van der Waals surface area (Å²) in [5.41, 5.74) is 8.34. The molecule has 0 aromatic heterocycles. The van der Waals surface area contributed by atoms with Gasteiger partial charge in [0.2, 0.25) is 0 Å². The first-order valence-corrected chi connectivity index (χ1v) is 10.5. The Kier molecular flexibility index (Phi) is 5.32. The zero-order valence-electron chi connectivity index (χ0n) is 17.2. The lowest BCUT2D eigenvalue weighted by Crippen LogP contribution is -2.09. The second kappa shape index (κ2) is 8.73. The first kappa shape index (κ1) is 18.9. The van der Waals surface area contributed by atoms with Crippen LogP contribution in [0.2, 0.25) is 0 Å². The Hall–Kier alpha value is -4.10. The number of benzene rings is 5.